The Morgan fingerprint density at radius 3 is 2.50 bits per heavy atom. The summed E-state index contributed by atoms with van der Waals surface area (Å²) in [5, 5.41) is 0. The molecule has 0 aliphatic rings. The Bertz CT molecular complexity index is 155. The van der Waals surface area contributed by atoms with Crippen molar-refractivity contribution in [3.05, 3.63) is 24.5 Å². The first-order chi connectivity index (χ1) is 4.18. The largest absolute Gasteiger partial charge is 1.00 e. The maximum atomic E-state index is 10.5. The van der Waals surface area contributed by atoms with Crippen molar-refractivity contribution in [1.82, 2.24) is 0 Å². The van der Waals surface area contributed by atoms with Crippen LogP contribution < -0.4 is 18.9 Å². The second-order valence-electron chi connectivity index (χ2n) is 1.66. The third-order valence-electron chi connectivity index (χ3n) is 0.660. The molecule has 0 N–H and O–H groups in total. The number of carbonyl (C=O) groups excluding carboxylic acids is 1. The summed E-state index contributed by atoms with van der Waals surface area (Å²) in [7, 11) is 0. The van der Waals surface area contributed by atoms with E-state index in [0.717, 1.165) is 0 Å². The van der Waals surface area contributed by atoms with Gasteiger partial charge in [-0.3, -0.25) is 0 Å². The Kier molecular flexibility index (Phi) is 8.16. The van der Waals surface area contributed by atoms with E-state index in [1.54, 1.807) is 19.9 Å². The molecule has 0 rings (SSSR count). The molecule has 3 heteroatoms. The quantitative estimate of drug-likeness (QED) is 0.204. The molecule has 0 bridgehead atoms. The van der Waals surface area contributed by atoms with E-state index in [1.807, 2.05) is 0 Å². The van der Waals surface area contributed by atoms with Gasteiger partial charge in [0.1, 0.15) is 0 Å². The predicted molar refractivity (Wildman–Crippen MR) is 36.8 cm³/mol. The molecular formula is C7H11LiO2. The molecule has 0 amide bonds. The second-order valence-corrected chi connectivity index (χ2v) is 1.66. The summed E-state index contributed by atoms with van der Waals surface area (Å²) >= 11 is 0. The molecule has 0 aliphatic carbocycles. The van der Waals surface area contributed by atoms with E-state index in [9.17, 15) is 4.79 Å². The van der Waals surface area contributed by atoms with Gasteiger partial charge in [0.25, 0.3) is 0 Å². The first kappa shape index (κ1) is 12.2. The Labute approximate surface area is 74.6 Å². The molecule has 0 unspecified atom stereocenters. The first-order valence-electron chi connectivity index (χ1n) is 2.66. The molecule has 0 radical (unpaired) electrons. The van der Waals surface area contributed by atoms with E-state index in [-0.39, 0.29) is 26.3 Å². The van der Waals surface area contributed by atoms with Crippen molar-refractivity contribution in [2.24, 2.45) is 0 Å². The molecule has 0 spiro atoms. The molecule has 0 atom stereocenters. The number of hydrogen-bond donors (Lipinski definition) is 0. The van der Waals surface area contributed by atoms with Crippen LogP contribution in [0.1, 0.15) is 15.3 Å². The van der Waals surface area contributed by atoms with E-state index in [4.69, 9.17) is 0 Å². The zero-order valence-corrected chi connectivity index (χ0v) is 6.68. The molecule has 0 saturated heterocycles. The minimum absolute atomic E-state index is 0. The molecule has 0 fully saturated rings. The van der Waals surface area contributed by atoms with Crippen LogP contribution in [0, 0.1) is 0 Å². The van der Waals surface area contributed by atoms with Gasteiger partial charge in [0.05, 0.1) is 6.26 Å². The second kappa shape index (κ2) is 6.66. The van der Waals surface area contributed by atoms with Gasteiger partial charge in [0.2, 0.25) is 0 Å². The van der Waals surface area contributed by atoms with Crippen LogP contribution in [0.2, 0.25) is 0 Å². The standard InChI is InChI=1S/C7H10O2.Li.H/c1-4-5-9-7(8)6(2)3;;/h4-5H,2H2,1,3H3;;/q;+1;-1. The third-order valence-corrected chi connectivity index (χ3v) is 0.660. The number of esters is 1. The number of hydrogen-bond acceptors (Lipinski definition) is 2. The summed E-state index contributed by atoms with van der Waals surface area (Å²) < 4.78 is 4.53. The van der Waals surface area contributed by atoms with E-state index in [0.29, 0.717) is 5.57 Å². The number of rotatable bonds is 2. The fourth-order valence-electron chi connectivity index (χ4n) is 0.230. The van der Waals surface area contributed by atoms with Crippen LogP contribution in [0.4, 0.5) is 0 Å². The van der Waals surface area contributed by atoms with E-state index < -0.39 is 0 Å². The molecule has 0 aliphatic heterocycles. The monoisotopic (exact) mass is 134 g/mol. The van der Waals surface area contributed by atoms with Crippen molar-refractivity contribution in [2.45, 2.75) is 13.8 Å². The predicted octanol–water partition coefficient (Wildman–Crippen LogP) is -1.24. The molecule has 2 nitrogen and oxygen atoms in total. The van der Waals surface area contributed by atoms with Crippen molar-refractivity contribution < 1.29 is 29.8 Å². The van der Waals surface area contributed by atoms with E-state index in [2.05, 4.69) is 11.3 Å². The van der Waals surface area contributed by atoms with Crippen LogP contribution >= 0.6 is 0 Å². The summed E-state index contributed by atoms with van der Waals surface area (Å²) in [5.41, 5.74) is 0.410. The third kappa shape index (κ3) is 5.68. The Hall–Kier alpha value is -0.453. The smallest absolute Gasteiger partial charge is 1.00 e. The van der Waals surface area contributed by atoms with Gasteiger partial charge in [-0.15, -0.1) is 0 Å². The van der Waals surface area contributed by atoms with Crippen LogP contribution in [0.3, 0.4) is 0 Å². The molecule has 0 aromatic carbocycles. The van der Waals surface area contributed by atoms with Crippen molar-refractivity contribution >= 4 is 5.97 Å². The molecule has 10 heavy (non-hydrogen) atoms. The van der Waals surface area contributed by atoms with Gasteiger partial charge in [-0.05, 0) is 13.8 Å². The van der Waals surface area contributed by atoms with E-state index >= 15 is 0 Å². The zero-order valence-electron chi connectivity index (χ0n) is 7.68. The molecule has 0 heterocycles. The van der Waals surface area contributed by atoms with Crippen molar-refractivity contribution in [2.75, 3.05) is 0 Å². The molecular weight excluding hydrogens is 123 g/mol. The van der Waals surface area contributed by atoms with Gasteiger partial charge in [-0.1, -0.05) is 12.7 Å². The average molecular weight is 134 g/mol. The van der Waals surface area contributed by atoms with Gasteiger partial charge in [0.15, 0.2) is 0 Å². The zero-order chi connectivity index (χ0) is 7.28. The maximum absolute atomic E-state index is 10.5. The Morgan fingerprint density at radius 1 is 1.70 bits per heavy atom. The first-order valence-corrected chi connectivity index (χ1v) is 2.66. The number of carbonyl (C=O) groups is 1. The van der Waals surface area contributed by atoms with Gasteiger partial charge in [-0.2, -0.15) is 0 Å². The van der Waals surface area contributed by atoms with Gasteiger partial charge in [-0.25, -0.2) is 4.79 Å². The fraction of sp³-hybridized carbons (Fsp3) is 0.286. The van der Waals surface area contributed by atoms with Crippen molar-refractivity contribution in [3.63, 3.8) is 0 Å². The normalized spacial score (nSPS) is 8.60. The minimum Gasteiger partial charge on any atom is -1.00 e. The minimum atomic E-state index is -0.381. The summed E-state index contributed by atoms with van der Waals surface area (Å²) in [5.74, 6) is -0.381. The Balaban J connectivity index is -0.000000320. The molecule has 0 aromatic heterocycles. The van der Waals surface area contributed by atoms with Crippen molar-refractivity contribution in [3.8, 4) is 0 Å². The van der Waals surface area contributed by atoms with Crippen molar-refractivity contribution in [1.29, 1.82) is 0 Å². The number of allylic oxidation sites excluding steroid dienone is 1. The maximum Gasteiger partial charge on any atom is 1.00 e. The fourth-order valence-corrected chi connectivity index (χ4v) is 0.230. The summed E-state index contributed by atoms with van der Waals surface area (Å²) in [6.07, 6.45) is 2.97. The molecule has 0 saturated carbocycles. The molecule has 52 valence electrons. The van der Waals surface area contributed by atoms with Crippen LogP contribution in [-0.2, 0) is 9.53 Å². The average Bonchev–Trinajstić information content (AvgIpc) is 1.82. The van der Waals surface area contributed by atoms with Gasteiger partial charge >= 0.3 is 24.8 Å². The van der Waals surface area contributed by atoms with Gasteiger partial charge < -0.3 is 6.16 Å². The van der Waals surface area contributed by atoms with Crippen LogP contribution in [-0.4, -0.2) is 5.97 Å². The van der Waals surface area contributed by atoms with E-state index in [1.165, 1.54) is 6.26 Å². The van der Waals surface area contributed by atoms with Gasteiger partial charge in [0, 0.05) is 5.57 Å². The SMILES string of the molecule is C=C(C)C(=O)OC=CC.[H-].[Li+]. The summed E-state index contributed by atoms with van der Waals surface area (Å²) in [6, 6.07) is 0. The summed E-state index contributed by atoms with van der Waals surface area (Å²) in [4.78, 5) is 10.5. The van der Waals surface area contributed by atoms with Crippen LogP contribution in [0.15, 0.2) is 24.5 Å². The Morgan fingerprint density at radius 2 is 2.20 bits per heavy atom. The summed E-state index contributed by atoms with van der Waals surface area (Å²) in [6.45, 7) is 6.77. The number of ether oxygens (including phenoxy) is 1. The topological polar surface area (TPSA) is 26.3 Å². The van der Waals surface area contributed by atoms with Crippen LogP contribution in [0.5, 0.6) is 0 Å². The van der Waals surface area contributed by atoms with Crippen LogP contribution in [0.25, 0.3) is 0 Å². The molecule has 0 aromatic rings.